The second-order valence-electron chi connectivity index (χ2n) is 6.47. The van der Waals surface area contributed by atoms with Crippen molar-refractivity contribution >= 4 is 23.2 Å². The third kappa shape index (κ3) is 5.60. The molecule has 3 rings (SSSR count). The summed E-state index contributed by atoms with van der Waals surface area (Å²) in [5.41, 5.74) is 3.62. The van der Waals surface area contributed by atoms with Gasteiger partial charge in [0, 0.05) is 19.6 Å². The molecule has 0 bridgehead atoms. The third-order valence-corrected chi connectivity index (χ3v) is 5.44. The number of benzene rings is 3. The molecule has 0 aliphatic rings. The first-order chi connectivity index (χ1) is 12.7. The zero-order valence-corrected chi connectivity index (χ0v) is 16.2. The van der Waals surface area contributed by atoms with Crippen LogP contribution in [0, 0.1) is 0 Å². The molecule has 0 saturated carbocycles. The summed E-state index contributed by atoms with van der Waals surface area (Å²) in [6, 6.07) is 31.0. The van der Waals surface area contributed by atoms with Gasteiger partial charge in [-0.05, 0) is 16.7 Å². The fraction of sp³-hybridized carbons (Fsp3) is 0.217. The Morgan fingerprint density at radius 2 is 1.04 bits per heavy atom. The van der Waals surface area contributed by atoms with Gasteiger partial charge in [-0.1, -0.05) is 91.0 Å². The van der Waals surface area contributed by atoms with Crippen LogP contribution in [0.1, 0.15) is 22.1 Å². The Kier molecular flexibility index (Phi) is 7.13. The zero-order valence-electron chi connectivity index (χ0n) is 14.6. The van der Waals surface area contributed by atoms with Crippen molar-refractivity contribution in [2.24, 2.45) is 0 Å². The number of rotatable bonds is 8. The van der Waals surface area contributed by atoms with E-state index in [0.29, 0.717) is 6.54 Å². The Balaban J connectivity index is 1.72. The minimum absolute atomic E-state index is 0.175. The van der Waals surface area contributed by atoms with E-state index in [-0.39, 0.29) is 10.8 Å². The molecule has 3 heteroatoms. The lowest BCUT2D eigenvalue weighted by Gasteiger charge is -2.27. The molecule has 0 aromatic heterocycles. The van der Waals surface area contributed by atoms with Crippen molar-refractivity contribution in [3.63, 3.8) is 0 Å². The highest BCUT2D eigenvalue weighted by molar-refractivity contribution is 6.30. The Morgan fingerprint density at radius 3 is 1.50 bits per heavy atom. The van der Waals surface area contributed by atoms with Gasteiger partial charge in [-0.25, -0.2) is 0 Å². The predicted octanol–water partition coefficient (Wildman–Crippen LogP) is 6.28. The van der Waals surface area contributed by atoms with E-state index in [1.54, 1.807) is 0 Å². The first kappa shape index (κ1) is 19.0. The van der Waals surface area contributed by atoms with E-state index in [1.165, 1.54) is 11.1 Å². The van der Waals surface area contributed by atoms with Crippen LogP contribution in [-0.4, -0.2) is 16.8 Å². The van der Waals surface area contributed by atoms with Gasteiger partial charge in [-0.2, -0.15) is 0 Å². The highest BCUT2D eigenvalue weighted by Crippen LogP contribution is 2.29. The van der Waals surface area contributed by atoms with Gasteiger partial charge in [0.25, 0.3) is 0 Å². The molecule has 2 atom stereocenters. The number of halogens is 2. The van der Waals surface area contributed by atoms with Crippen LogP contribution in [0.5, 0.6) is 0 Å². The van der Waals surface area contributed by atoms with E-state index in [4.69, 9.17) is 23.2 Å². The van der Waals surface area contributed by atoms with Crippen molar-refractivity contribution in [3.8, 4) is 0 Å². The van der Waals surface area contributed by atoms with E-state index in [1.807, 2.05) is 42.5 Å². The predicted molar refractivity (Wildman–Crippen MR) is 112 cm³/mol. The van der Waals surface area contributed by atoms with Gasteiger partial charge in [-0.3, -0.25) is 4.90 Å². The average Bonchev–Trinajstić information content (AvgIpc) is 2.69. The average molecular weight is 384 g/mol. The summed E-state index contributed by atoms with van der Waals surface area (Å²) in [5.74, 6) is 0. The number of hydrogen-bond donors (Lipinski definition) is 0. The lowest BCUT2D eigenvalue weighted by molar-refractivity contribution is 0.254. The van der Waals surface area contributed by atoms with Crippen molar-refractivity contribution in [2.45, 2.75) is 23.8 Å². The maximum atomic E-state index is 6.72. The lowest BCUT2D eigenvalue weighted by atomic mass is 10.1. The van der Waals surface area contributed by atoms with Gasteiger partial charge < -0.3 is 0 Å². The summed E-state index contributed by atoms with van der Waals surface area (Å²) in [6.07, 6.45) is 0. The third-order valence-electron chi connectivity index (χ3n) is 4.37. The van der Waals surface area contributed by atoms with Gasteiger partial charge in [0.2, 0.25) is 0 Å². The molecule has 3 aromatic carbocycles. The van der Waals surface area contributed by atoms with E-state index < -0.39 is 0 Å². The van der Waals surface area contributed by atoms with Crippen LogP contribution in [0.25, 0.3) is 0 Å². The minimum atomic E-state index is -0.216. The molecule has 3 aromatic rings. The fourth-order valence-corrected chi connectivity index (χ4v) is 3.62. The van der Waals surface area contributed by atoms with Crippen LogP contribution >= 0.6 is 23.2 Å². The molecule has 0 amide bonds. The molecule has 134 valence electrons. The first-order valence-corrected chi connectivity index (χ1v) is 9.73. The van der Waals surface area contributed by atoms with Crippen molar-refractivity contribution in [3.05, 3.63) is 108 Å². The van der Waals surface area contributed by atoms with Gasteiger partial charge in [-0.15, -0.1) is 23.2 Å². The van der Waals surface area contributed by atoms with E-state index >= 15 is 0 Å². The quantitative estimate of drug-likeness (QED) is 0.414. The van der Waals surface area contributed by atoms with Crippen LogP contribution in [0.15, 0.2) is 91.0 Å². The maximum Gasteiger partial charge on any atom is 0.0761 e. The summed E-state index contributed by atoms with van der Waals surface area (Å²) in [6.45, 7) is 2.41. The molecular weight excluding hydrogens is 361 g/mol. The standard InChI is InChI=1S/C23H23Cl2N/c24-22(23(25)21-14-8-3-9-15-21)18-26(16-19-10-4-1-5-11-19)17-20-12-6-2-7-13-20/h1-15,22-23H,16-18H2/t22-,23+/m1/s1. The Hall–Kier alpha value is -1.80. The molecule has 0 aliphatic carbocycles. The summed E-state index contributed by atoms with van der Waals surface area (Å²) in [5, 5.41) is -0.390. The van der Waals surface area contributed by atoms with Crippen LogP contribution in [0.4, 0.5) is 0 Å². The second-order valence-corrected chi connectivity index (χ2v) is 7.50. The molecule has 1 nitrogen and oxygen atoms in total. The molecule has 0 saturated heterocycles. The summed E-state index contributed by atoms with van der Waals surface area (Å²) in [4.78, 5) is 2.36. The number of hydrogen-bond acceptors (Lipinski definition) is 1. The van der Waals surface area contributed by atoms with Gasteiger partial charge in [0.1, 0.15) is 0 Å². The highest BCUT2D eigenvalue weighted by atomic mass is 35.5. The molecule has 0 unspecified atom stereocenters. The van der Waals surface area contributed by atoms with E-state index in [9.17, 15) is 0 Å². The number of alkyl halides is 2. The minimum Gasteiger partial charge on any atom is -0.293 e. The monoisotopic (exact) mass is 383 g/mol. The molecule has 0 radical (unpaired) electrons. The molecule has 0 aliphatic heterocycles. The molecule has 0 fully saturated rings. The van der Waals surface area contributed by atoms with Gasteiger partial charge in [0.05, 0.1) is 10.8 Å². The Labute approximate surface area is 166 Å². The van der Waals surface area contributed by atoms with Crippen molar-refractivity contribution in [2.75, 3.05) is 6.54 Å². The van der Waals surface area contributed by atoms with Crippen LogP contribution in [-0.2, 0) is 13.1 Å². The van der Waals surface area contributed by atoms with Crippen LogP contribution < -0.4 is 0 Å². The largest absolute Gasteiger partial charge is 0.293 e. The fourth-order valence-electron chi connectivity index (χ4n) is 3.05. The zero-order chi connectivity index (χ0) is 18.2. The SMILES string of the molecule is Cl[C@H](CN(Cc1ccccc1)Cc1ccccc1)[C@@H](Cl)c1ccccc1. The van der Waals surface area contributed by atoms with E-state index in [2.05, 4.69) is 53.4 Å². The molecule has 0 spiro atoms. The smallest absolute Gasteiger partial charge is 0.0761 e. The van der Waals surface area contributed by atoms with Crippen molar-refractivity contribution < 1.29 is 0 Å². The molecule has 26 heavy (non-hydrogen) atoms. The summed E-state index contributed by atoms with van der Waals surface area (Å²) in [7, 11) is 0. The van der Waals surface area contributed by atoms with Crippen molar-refractivity contribution in [1.82, 2.24) is 4.90 Å². The molecule has 0 N–H and O–H groups in total. The van der Waals surface area contributed by atoms with Gasteiger partial charge >= 0.3 is 0 Å². The van der Waals surface area contributed by atoms with Crippen LogP contribution in [0.3, 0.4) is 0 Å². The summed E-state index contributed by atoms with van der Waals surface area (Å²) >= 11 is 13.4. The normalized spacial score (nSPS) is 13.5. The molecule has 0 heterocycles. The Bertz CT molecular complexity index is 720. The highest BCUT2D eigenvalue weighted by Gasteiger charge is 2.22. The lowest BCUT2D eigenvalue weighted by Crippen LogP contribution is -2.31. The van der Waals surface area contributed by atoms with Crippen LogP contribution in [0.2, 0.25) is 0 Å². The van der Waals surface area contributed by atoms with E-state index in [0.717, 1.165) is 18.7 Å². The van der Waals surface area contributed by atoms with Crippen molar-refractivity contribution in [1.29, 1.82) is 0 Å². The Morgan fingerprint density at radius 1 is 0.615 bits per heavy atom. The summed E-state index contributed by atoms with van der Waals surface area (Å²) < 4.78 is 0. The second kappa shape index (κ2) is 9.78. The number of nitrogens with zero attached hydrogens (tertiary/aromatic N) is 1. The van der Waals surface area contributed by atoms with Gasteiger partial charge in [0.15, 0.2) is 0 Å². The topological polar surface area (TPSA) is 3.24 Å². The first-order valence-electron chi connectivity index (χ1n) is 8.85. The maximum absolute atomic E-state index is 6.72. The molecular formula is C23H23Cl2N.